The second kappa shape index (κ2) is 6.04. The molecule has 2 atom stereocenters. The topological polar surface area (TPSA) is 53.0 Å². The summed E-state index contributed by atoms with van der Waals surface area (Å²) < 4.78 is 1.01. The number of anilines is 1. The SMILES string of the molecule is CC(C#N)CN(C)c1ccc([C@H](C)N)cc1Br. The lowest BCUT2D eigenvalue weighted by atomic mass is 10.1. The maximum absolute atomic E-state index is 8.81. The van der Waals surface area contributed by atoms with Crippen molar-refractivity contribution in [1.82, 2.24) is 0 Å². The van der Waals surface area contributed by atoms with Gasteiger partial charge in [0.1, 0.15) is 0 Å². The van der Waals surface area contributed by atoms with Crippen molar-refractivity contribution in [3.63, 3.8) is 0 Å². The summed E-state index contributed by atoms with van der Waals surface area (Å²) in [5.74, 6) is 0.0139. The van der Waals surface area contributed by atoms with Crippen LogP contribution in [0.25, 0.3) is 0 Å². The molecule has 4 heteroatoms. The molecule has 0 fully saturated rings. The van der Waals surface area contributed by atoms with Crippen molar-refractivity contribution in [1.29, 1.82) is 5.26 Å². The summed E-state index contributed by atoms with van der Waals surface area (Å²) in [4.78, 5) is 2.07. The van der Waals surface area contributed by atoms with E-state index >= 15 is 0 Å². The van der Waals surface area contributed by atoms with Crippen LogP contribution in [-0.4, -0.2) is 13.6 Å². The van der Waals surface area contributed by atoms with Crippen molar-refractivity contribution in [3.05, 3.63) is 28.2 Å². The number of benzene rings is 1. The van der Waals surface area contributed by atoms with Gasteiger partial charge in [-0.1, -0.05) is 6.07 Å². The fraction of sp³-hybridized carbons (Fsp3) is 0.462. The summed E-state index contributed by atoms with van der Waals surface area (Å²) in [5.41, 5.74) is 8.01. The first-order valence-electron chi connectivity index (χ1n) is 5.61. The number of nitriles is 1. The minimum atomic E-state index is 0.0139. The minimum Gasteiger partial charge on any atom is -0.372 e. The number of hydrogen-bond donors (Lipinski definition) is 1. The van der Waals surface area contributed by atoms with Gasteiger partial charge in [-0.2, -0.15) is 5.26 Å². The lowest BCUT2D eigenvalue weighted by Gasteiger charge is -2.22. The zero-order chi connectivity index (χ0) is 13.0. The van der Waals surface area contributed by atoms with Gasteiger partial charge in [-0.15, -0.1) is 0 Å². The van der Waals surface area contributed by atoms with Crippen molar-refractivity contribution < 1.29 is 0 Å². The number of rotatable bonds is 4. The highest BCUT2D eigenvalue weighted by Crippen LogP contribution is 2.28. The van der Waals surface area contributed by atoms with Crippen LogP contribution in [0.1, 0.15) is 25.5 Å². The number of hydrogen-bond acceptors (Lipinski definition) is 3. The van der Waals surface area contributed by atoms with E-state index in [2.05, 4.69) is 26.9 Å². The zero-order valence-electron chi connectivity index (χ0n) is 10.4. The lowest BCUT2D eigenvalue weighted by Crippen LogP contribution is -2.23. The molecule has 0 saturated carbocycles. The van der Waals surface area contributed by atoms with Crippen LogP contribution in [0.15, 0.2) is 22.7 Å². The van der Waals surface area contributed by atoms with E-state index in [4.69, 9.17) is 11.0 Å². The molecule has 1 aromatic rings. The fourth-order valence-electron chi connectivity index (χ4n) is 1.67. The normalized spacial score (nSPS) is 13.9. The van der Waals surface area contributed by atoms with Gasteiger partial charge in [-0.05, 0) is 47.5 Å². The Hall–Kier alpha value is -1.05. The molecule has 0 aliphatic rings. The predicted octanol–water partition coefficient (Wildman–Crippen LogP) is 3.06. The molecule has 0 saturated heterocycles. The van der Waals surface area contributed by atoms with E-state index < -0.39 is 0 Å². The zero-order valence-corrected chi connectivity index (χ0v) is 12.0. The molecule has 1 unspecified atom stereocenters. The Morgan fingerprint density at radius 2 is 2.12 bits per heavy atom. The van der Waals surface area contributed by atoms with E-state index in [0.717, 1.165) is 15.7 Å². The molecular weight excluding hydrogens is 278 g/mol. The van der Waals surface area contributed by atoms with Gasteiger partial charge in [-0.3, -0.25) is 0 Å². The summed E-state index contributed by atoms with van der Waals surface area (Å²) in [6.07, 6.45) is 0. The van der Waals surface area contributed by atoms with Crippen molar-refractivity contribution >= 4 is 21.6 Å². The lowest BCUT2D eigenvalue weighted by molar-refractivity contribution is 0.715. The molecule has 2 N–H and O–H groups in total. The maximum atomic E-state index is 8.81. The highest BCUT2D eigenvalue weighted by Gasteiger charge is 2.10. The molecule has 0 spiro atoms. The molecule has 0 amide bonds. The number of nitrogens with zero attached hydrogens (tertiary/aromatic N) is 2. The van der Waals surface area contributed by atoms with Crippen molar-refractivity contribution in [2.24, 2.45) is 11.7 Å². The standard InChI is InChI=1S/C13H18BrN3/c1-9(7-15)8-17(3)13-5-4-11(10(2)16)6-12(13)14/h4-6,9-10H,8,16H2,1-3H3/t9?,10-/m0/s1. The van der Waals surface area contributed by atoms with Gasteiger partial charge in [0.05, 0.1) is 17.7 Å². The van der Waals surface area contributed by atoms with Gasteiger partial charge >= 0.3 is 0 Å². The van der Waals surface area contributed by atoms with Crippen LogP contribution in [0.5, 0.6) is 0 Å². The van der Waals surface area contributed by atoms with Gasteiger partial charge in [0.25, 0.3) is 0 Å². The van der Waals surface area contributed by atoms with E-state index in [0.29, 0.717) is 6.54 Å². The molecule has 0 aliphatic heterocycles. The highest BCUT2D eigenvalue weighted by atomic mass is 79.9. The molecule has 0 bridgehead atoms. The van der Waals surface area contributed by atoms with Crippen LogP contribution in [0.3, 0.4) is 0 Å². The summed E-state index contributed by atoms with van der Waals surface area (Å²) in [6, 6.07) is 8.36. The number of halogens is 1. The third-order valence-corrected chi connectivity index (χ3v) is 3.31. The molecular formula is C13H18BrN3. The van der Waals surface area contributed by atoms with E-state index in [1.165, 1.54) is 0 Å². The molecule has 1 aromatic carbocycles. The van der Waals surface area contributed by atoms with Crippen LogP contribution >= 0.6 is 15.9 Å². The summed E-state index contributed by atoms with van der Waals surface area (Å²) in [6.45, 7) is 4.59. The van der Waals surface area contributed by atoms with Crippen molar-refractivity contribution in [2.75, 3.05) is 18.5 Å². The molecule has 1 rings (SSSR count). The molecule has 0 aliphatic carbocycles. The monoisotopic (exact) mass is 295 g/mol. The molecule has 0 radical (unpaired) electrons. The number of nitrogens with two attached hydrogens (primary N) is 1. The average Bonchev–Trinajstić information content (AvgIpc) is 2.28. The van der Waals surface area contributed by atoms with Crippen LogP contribution in [0, 0.1) is 17.2 Å². The minimum absolute atomic E-state index is 0.0139. The van der Waals surface area contributed by atoms with Crippen LogP contribution in [-0.2, 0) is 0 Å². The second-order valence-corrected chi connectivity index (χ2v) is 5.26. The first kappa shape index (κ1) is 14.0. The maximum Gasteiger partial charge on any atom is 0.0671 e. The Labute approximate surface area is 111 Å². The molecule has 0 aromatic heterocycles. The molecule has 0 heterocycles. The van der Waals surface area contributed by atoms with Crippen LogP contribution < -0.4 is 10.6 Å². The van der Waals surface area contributed by atoms with Gasteiger partial charge in [-0.25, -0.2) is 0 Å². The second-order valence-electron chi connectivity index (χ2n) is 4.41. The smallest absolute Gasteiger partial charge is 0.0671 e. The predicted molar refractivity (Wildman–Crippen MR) is 74.8 cm³/mol. The quantitative estimate of drug-likeness (QED) is 0.929. The summed E-state index contributed by atoms with van der Waals surface area (Å²) in [7, 11) is 1.99. The third-order valence-electron chi connectivity index (χ3n) is 2.68. The third kappa shape index (κ3) is 3.72. The fourth-order valence-corrected chi connectivity index (χ4v) is 2.37. The largest absolute Gasteiger partial charge is 0.372 e. The summed E-state index contributed by atoms with van der Waals surface area (Å²) in [5, 5.41) is 8.81. The van der Waals surface area contributed by atoms with Gasteiger partial charge < -0.3 is 10.6 Å². The van der Waals surface area contributed by atoms with Crippen molar-refractivity contribution in [2.45, 2.75) is 19.9 Å². The molecule has 92 valence electrons. The van der Waals surface area contributed by atoms with E-state index in [1.54, 1.807) is 0 Å². The Bertz CT molecular complexity index is 423. The van der Waals surface area contributed by atoms with E-state index in [1.807, 2.05) is 39.1 Å². The van der Waals surface area contributed by atoms with E-state index in [9.17, 15) is 0 Å². The van der Waals surface area contributed by atoms with Gasteiger partial charge in [0.2, 0.25) is 0 Å². The highest BCUT2D eigenvalue weighted by molar-refractivity contribution is 9.10. The Morgan fingerprint density at radius 3 is 2.59 bits per heavy atom. The van der Waals surface area contributed by atoms with Gasteiger partial charge in [0.15, 0.2) is 0 Å². The average molecular weight is 296 g/mol. The van der Waals surface area contributed by atoms with Crippen molar-refractivity contribution in [3.8, 4) is 6.07 Å². The van der Waals surface area contributed by atoms with Crippen LogP contribution in [0.2, 0.25) is 0 Å². The van der Waals surface area contributed by atoms with Crippen LogP contribution in [0.4, 0.5) is 5.69 Å². The Balaban J connectivity index is 2.89. The molecule has 3 nitrogen and oxygen atoms in total. The van der Waals surface area contributed by atoms with Gasteiger partial charge in [0, 0.05) is 24.1 Å². The Kier molecular flexibility index (Phi) is 4.98. The first-order valence-corrected chi connectivity index (χ1v) is 6.40. The first-order chi connectivity index (χ1) is 7.95. The summed E-state index contributed by atoms with van der Waals surface area (Å²) >= 11 is 3.55. The molecule has 17 heavy (non-hydrogen) atoms. The Morgan fingerprint density at radius 1 is 1.47 bits per heavy atom. The van der Waals surface area contributed by atoms with E-state index in [-0.39, 0.29) is 12.0 Å².